The fourth-order valence-corrected chi connectivity index (χ4v) is 6.12. The Morgan fingerprint density at radius 1 is 1.28 bits per heavy atom. The molecule has 9 heteroatoms. The monoisotopic (exact) mass is 502 g/mol. The lowest BCUT2D eigenvalue weighted by atomic mass is 9.54. The van der Waals surface area contributed by atoms with Crippen LogP contribution in [-0.2, 0) is 24.5 Å². The molecule has 36 heavy (non-hydrogen) atoms. The van der Waals surface area contributed by atoms with Crippen LogP contribution in [-0.4, -0.2) is 70.5 Å². The summed E-state index contributed by atoms with van der Waals surface area (Å²) in [7, 11) is 1.97. The molecule has 0 bridgehead atoms. The molecule has 6 atom stereocenters. The number of likely N-dealkylation sites (N-methyl/N-ethyl adjacent to an activating group) is 1. The molecular weight excluding hydrogens is 464 g/mol. The van der Waals surface area contributed by atoms with E-state index in [-0.39, 0.29) is 29.9 Å². The highest BCUT2D eigenvalue weighted by Gasteiger charge is 2.69. The van der Waals surface area contributed by atoms with Gasteiger partial charge in [0.05, 0.1) is 11.0 Å². The van der Waals surface area contributed by atoms with Gasteiger partial charge < -0.3 is 35.1 Å². The van der Waals surface area contributed by atoms with Crippen molar-refractivity contribution >= 4 is 11.9 Å². The Morgan fingerprint density at radius 2 is 1.97 bits per heavy atom. The second kappa shape index (κ2) is 9.36. The van der Waals surface area contributed by atoms with Crippen LogP contribution in [0.2, 0.25) is 0 Å². The lowest BCUT2D eigenvalue weighted by molar-refractivity contribution is -0.172. The van der Waals surface area contributed by atoms with Crippen molar-refractivity contribution in [2.45, 2.75) is 89.2 Å². The van der Waals surface area contributed by atoms with Gasteiger partial charge in [0, 0.05) is 18.0 Å². The van der Waals surface area contributed by atoms with Crippen LogP contribution in [0.15, 0.2) is 24.0 Å². The third kappa shape index (κ3) is 3.97. The maximum absolute atomic E-state index is 13.0. The number of fused-ring (bicyclic) bond motifs is 1. The first kappa shape index (κ1) is 26.4. The molecule has 2 aliphatic heterocycles. The number of phenolic OH excluding ortho intramolecular Hbond substituents is 1. The molecule has 0 amide bonds. The van der Waals surface area contributed by atoms with Gasteiger partial charge in [-0.1, -0.05) is 19.9 Å². The summed E-state index contributed by atoms with van der Waals surface area (Å²) in [5.41, 5.74) is 5.37. The summed E-state index contributed by atoms with van der Waals surface area (Å²) in [5.74, 6) is -0.696. The molecule has 4 rings (SSSR count). The maximum Gasteiger partial charge on any atom is 0.352 e. The summed E-state index contributed by atoms with van der Waals surface area (Å²) in [6.45, 7) is 9.91. The van der Waals surface area contributed by atoms with E-state index in [4.69, 9.17) is 19.9 Å². The Morgan fingerprint density at radius 3 is 2.64 bits per heavy atom. The molecule has 1 fully saturated rings. The first-order valence-electron chi connectivity index (χ1n) is 12.6. The zero-order valence-corrected chi connectivity index (χ0v) is 21.9. The molecule has 0 radical (unpaired) electrons. The first-order chi connectivity index (χ1) is 16.8. The van der Waals surface area contributed by atoms with E-state index in [9.17, 15) is 19.8 Å². The number of benzene rings is 1. The number of piperidine rings is 1. The minimum atomic E-state index is -1.23. The molecule has 9 nitrogen and oxygen atoms in total. The van der Waals surface area contributed by atoms with E-state index in [1.807, 2.05) is 40.8 Å². The molecule has 1 saturated heterocycles. The van der Waals surface area contributed by atoms with Gasteiger partial charge in [0.2, 0.25) is 0 Å². The van der Waals surface area contributed by atoms with Gasteiger partial charge >= 0.3 is 11.9 Å². The van der Waals surface area contributed by atoms with Gasteiger partial charge in [-0.05, 0) is 70.8 Å². The number of aromatic hydroxyl groups is 1. The lowest BCUT2D eigenvalue weighted by Crippen LogP contribution is -2.71. The number of carbonyl (C=O) groups excluding carboxylic acids is 2. The van der Waals surface area contributed by atoms with Crippen molar-refractivity contribution < 1.29 is 34.0 Å². The largest absolute Gasteiger partial charge is 0.504 e. The van der Waals surface area contributed by atoms with Crippen LogP contribution < -0.4 is 10.5 Å². The van der Waals surface area contributed by atoms with E-state index in [1.54, 1.807) is 12.1 Å². The molecule has 1 aromatic carbocycles. The quantitative estimate of drug-likeness (QED) is 0.501. The number of nitrogens with two attached hydrogens (primary N) is 1. The number of rotatable bonds is 6. The van der Waals surface area contributed by atoms with Gasteiger partial charge in [0.15, 0.2) is 23.7 Å². The number of hydrogen-bond acceptors (Lipinski definition) is 9. The van der Waals surface area contributed by atoms with Gasteiger partial charge in [-0.15, -0.1) is 0 Å². The molecular formula is C27H38N2O7. The van der Waals surface area contributed by atoms with Crippen LogP contribution in [0.3, 0.4) is 0 Å². The molecule has 0 aromatic heterocycles. The second-order valence-corrected chi connectivity index (χ2v) is 11.0. The van der Waals surface area contributed by atoms with Crippen LogP contribution >= 0.6 is 0 Å². The number of hydrogen-bond donors (Lipinski definition) is 3. The Kier molecular flexibility index (Phi) is 6.87. The Hall–Kier alpha value is -2.62. The summed E-state index contributed by atoms with van der Waals surface area (Å²) in [6.07, 6.45) is 0.872. The summed E-state index contributed by atoms with van der Waals surface area (Å²) in [5, 5.41) is 22.8. The van der Waals surface area contributed by atoms with Crippen molar-refractivity contribution in [3.05, 3.63) is 35.1 Å². The maximum atomic E-state index is 13.0. The molecule has 1 aliphatic carbocycles. The van der Waals surface area contributed by atoms with Gasteiger partial charge in [0.25, 0.3) is 0 Å². The third-order valence-electron chi connectivity index (χ3n) is 8.20. The normalized spacial score (nSPS) is 30.9. The smallest absolute Gasteiger partial charge is 0.352 e. The van der Waals surface area contributed by atoms with Crippen LogP contribution in [0.5, 0.6) is 11.5 Å². The standard InChI is InChI=1S/C27H38N2O7/c1-14(2)13-18(28)25(32)34-16(4)24(31)35-20-9-10-27(33)17(5)29(6)12-11-26(27)21-15(3)7-8-19(30)22(21)36-23(20)26/h7-9,14,16-18,23,30,33H,10-13,28H2,1-6H3/t16?,17?,18-,23?,26?,27?/m0/s1. The van der Waals surface area contributed by atoms with E-state index >= 15 is 0 Å². The number of carbonyl (C=O) groups is 2. The van der Waals surface area contributed by atoms with Gasteiger partial charge in [-0.3, -0.25) is 4.79 Å². The molecule has 2 heterocycles. The van der Waals surface area contributed by atoms with Crippen molar-refractivity contribution in [3.63, 3.8) is 0 Å². The first-order valence-corrected chi connectivity index (χ1v) is 12.6. The molecule has 3 aliphatic rings. The van der Waals surface area contributed by atoms with Crippen molar-refractivity contribution in [1.29, 1.82) is 0 Å². The number of nitrogens with zero attached hydrogens (tertiary/aromatic N) is 1. The minimum absolute atomic E-state index is 0.0274. The zero-order chi connectivity index (χ0) is 26.6. The summed E-state index contributed by atoms with van der Waals surface area (Å²) in [6, 6.07) is 2.33. The van der Waals surface area contributed by atoms with E-state index in [0.717, 1.165) is 11.1 Å². The van der Waals surface area contributed by atoms with E-state index in [1.165, 1.54) is 6.92 Å². The molecule has 0 saturated carbocycles. The second-order valence-electron chi connectivity index (χ2n) is 11.0. The molecule has 1 aromatic rings. The Balaban J connectivity index is 1.65. The Bertz CT molecular complexity index is 1090. The van der Waals surface area contributed by atoms with Gasteiger partial charge in [-0.25, -0.2) is 4.79 Å². The van der Waals surface area contributed by atoms with Crippen molar-refractivity contribution in [2.75, 3.05) is 13.6 Å². The summed E-state index contributed by atoms with van der Waals surface area (Å²) in [4.78, 5) is 27.4. The Labute approximate surface area is 212 Å². The molecule has 5 unspecified atom stereocenters. The van der Waals surface area contributed by atoms with Gasteiger partial charge in [-0.2, -0.15) is 0 Å². The number of likely N-dealkylation sites (tertiary alicyclic amines) is 1. The highest BCUT2D eigenvalue weighted by molar-refractivity contribution is 5.82. The van der Waals surface area contributed by atoms with E-state index in [2.05, 4.69) is 4.90 Å². The zero-order valence-electron chi connectivity index (χ0n) is 21.9. The van der Waals surface area contributed by atoms with Crippen LogP contribution in [0.1, 0.15) is 58.1 Å². The van der Waals surface area contributed by atoms with Crippen LogP contribution in [0, 0.1) is 12.8 Å². The fourth-order valence-electron chi connectivity index (χ4n) is 6.12. The number of aryl methyl sites for hydroxylation is 1. The summed E-state index contributed by atoms with van der Waals surface area (Å²) < 4.78 is 17.3. The number of ether oxygens (including phenoxy) is 3. The van der Waals surface area contributed by atoms with Crippen LogP contribution in [0.4, 0.5) is 0 Å². The topological polar surface area (TPSA) is 132 Å². The fraction of sp³-hybridized carbons (Fsp3) is 0.630. The number of aliphatic hydroxyl groups is 1. The number of esters is 2. The highest BCUT2D eigenvalue weighted by Crippen LogP contribution is 2.62. The SMILES string of the molecule is Cc1ccc(O)c2c1C13CCN(C)C(C)C1(O)CC=C(OC(=O)C(C)OC(=O)[C@@H](N)CC(C)C)C3O2. The predicted molar refractivity (Wildman–Crippen MR) is 132 cm³/mol. The third-order valence-corrected chi connectivity index (χ3v) is 8.20. The van der Waals surface area contributed by atoms with Crippen molar-refractivity contribution in [3.8, 4) is 11.5 Å². The van der Waals surface area contributed by atoms with E-state index in [0.29, 0.717) is 25.1 Å². The van der Waals surface area contributed by atoms with E-state index < -0.39 is 41.2 Å². The molecule has 4 N–H and O–H groups in total. The van der Waals surface area contributed by atoms with Crippen molar-refractivity contribution in [1.82, 2.24) is 4.90 Å². The average Bonchev–Trinajstić information content (AvgIpc) is 3.18. The predicted octanol–water partition coefficient (Wildman–Crippen LogP) is 2.29. The highest BCUT2D eigenvalue weighted by atomic mass is 16.6. The minimum Gasteiger partial charge on any atom is -0.504 e. The molecule has 198 valence electrons. The lowest BCUT2D eigenvalue weighted by Gasteiger charge is -2.58. The van der Waals surface area contributed by atoms with Crippen LogP contribution in [0.25, 0.3) is 0 Å². The van der Waals surface area contributed by atoms with Gasteiger partial charge in [0.1, 0.15) is 11.8 Å². The average molecular weight is 503 g/mol. The summed E-state index contributed by atoms with van der Waals surface area (Å²) >= 11 is 0. The number of phenols is 1. The van der Waals surface area contributed by atoms with Crippen molar-refractivity contribution in [2.24, 2.45) is 11.7 Å². The molecule has 1 spiro atoms.